The fourth-order valence-corrected chi connectivity index (χ4v) is 2.98. The molecule has 1 aromatic heterocycles. The molecule has 0 bridgehead atoms. The molecule has 0 unspecified atom stereocenters. The first-order valence-corrected chi connectivity index (χ1v) is 8.18. The molecule has 2 aromatic rings. The van der Waals surface area contributed by atoms with E-state index in [1.165, 1.54) is 0 Å². The summed E-state index contributed by atoms with van der Waals surface area (Å²) in [6, 6.07) is 6.78. The van der Waals surface area contributed by atoms with E-state index in [0.717, 1.165) is 23.2 Å². The number of hydrogen-bond donors (Lipinski definition) is 2. The highest BCUT2D eigenvalue weighted by Crippen LogP contribution is 2.12. The van der Waals surface area contributed by atoms with E-state index in [2.05, 4.69) is 9.82 Å². The van der Waals surface area contributed by atoms with Crippen LogP contribution in [0.5, 0.6) is 0 Å². The predicted octanol–water partition coefficient (Wildman–Crippen LogP) is 0.708. The highest BCUT2D eigenvalue weighted by atomic mass is 32.2. The topological polar surface area (TPSA) is 90.0 Å². The fourth-order valence-electron chi connectivity index (χ4n) is 1.98. The number of nitrogens with two attached hydrogens (primary N) is 1. The molecule has 21 heavy (non-hydrogen) atoms. The van der Waals surface area contributed by atoms with Crippen LogP contribution in [0.25, 0.3) is 0 Å². The normalized spacial score (nSPS) is 11.8. The second-order valence-electron chi connectivity index (χ2n) is 4.89. The molecule has 2 rings (SSSR count). The Kier molecular flexibility index (Phi) is 4.76. The highest BCUT2D eigenvalue weighted by molar-refractivity contribution is 7.89. The minimum Gasteiger partial charge on any atom is -0.330 e. The Morgan fingerprint density at radius 1 is 1.29 bits per heavy atom. The lowest BCUT2D eigenvalue weighted by Gasteiger charge is -2.07. The summed E-state index contributed by atoms with van der Waals surface area (Å²) in [6.45, 7) is 2.68. The van der Waals surface area contributed by atoms with Crippen LogP contribution in [0.2, 0.25) is 0 Å². The van der Waals surface area contributed by atoms with Crippen molar-refractivity contribution in [3.8, 4) is 0 Å². The molecule has 1 heterocycles. The molecular weight excluding hydrogens is 288 g/mol. The standard InChI is InChI=1S/C14H20N4O2S/c1-11-13(9-16-18(11)2)10-17-21(19,20)14-5-3-12(4-6-14)7-8-15/h3-6,9,17H,7-8,10,15H2,1-2H3. The van der Waals surface area contributed by atoms with Gasteiger partial charge in [0.2, 0.25) is 10.0 Å². The van der Waals surface area contributed by atoms with Crippen molar-refractivity contribution in [1.29, 1.82) is 0 Å². The smallest absolute Gasteiger partial charge is 0.240 e. The second-order valence-corrected chi connectivity index (χ2v) is 6.65. The molecule has 0 aliphatic heterocycles. The van der Waals surface area contributed by atoms with Gasteiger partial charge in [0.1, 0.15) is 0 Å². The maximum absolute atomic E-state index is 12.2. The van der Waals surface area contributed by atoms with E-state index in [4.69, 9.17) is 5.73 Å². The molecule has 0 saturated carbocycles. The van der Waals surface area contributed by atoms with E-state index in [-0.39, 0.29) is 11.4 Å². The molecule has 114 valence electrons. The minimum absolute atomic E-state index is 0.229. The van der Waals surface area contributed by atoms with Gasteiger partial charge in [0.15, 0.2) is 0 Å². The van der Waals surface area contributed by atoms with Crippen LogP contribution in [0.1, 0.15) is 16.8 Å². The Hall–Kier alpha value is -1.70. The largest absolute Gasteiger partial charge is 0.330 e. The predicted molar refractivity (Wildman–Crippen MR) is 81.2 cm³/mol. The van der Waals surface area contributed by atoms with Gasteiger partial charge in [0.05, 0.1) is 11.1 Å². The average Bonchev–Trinajstić information content (AvgIpc) is 2.78. The molecule has 0 radical (unpaired) electrons. The second kappa shape index (κ2) is 6.38. The third-order valence-electron chi connectivity index (χ3n) is 3.46. The Bertz CT molecular complexity index is 705. The van der Waals surface area contributed by atoms with E-state index in [9.17, 15) is 8.42 Å². The molecular formula is C14H20N4O2S. The summed E-state index contributed by atoms with van der Waals surface area (Å²) in [6.07, 6.45) is 2.41. The first-order chi connectivity index (χ1) is 9.94. The van der Waals surface area contributed by atoms with Crippen molar-refractivity contribution in [3.05, 3.63) is 47.3 Å². The van der Waals surface area contributed by atoms with Gasteiger partial charge in [-0.2, -0.15) is 5.10 Å². The van der Waals surface area contributed by atoms with Crippen LogP contribution in [0.3, 0.4) is 0 Å². The molecule has 0 atom stereocenters. The highest BCUT2D eigenvalue weighted by Gasteiger charge is 2.14. The summed E-state index contributed by atoms with van der Waals surface area (Å²) in [4.78, 5) is 0.254. The Balaban J connectivity index is 2.09. The summed E-state index contributed by atoms with van der Waals surface area (Å²) in [5.41, 5.74) is 8.30. The molecule has 0 aliphatic rings. The van der Waals surface area contributed by atoms with Crippen molar-refractivity contribution in [2.24, 2.45) is 12.8 Å². The first kappa shape index (κ1) is 15.7. The van der Waals surface area contributed by atoms with E-state index in [1.807, 2.05) is 14.0 Å². The number of benzene rings is 1. The first-order valence-electron chi connectivity index (χ1n) is 6.70. The number of hydrogen-bond acceptors (Lipinski definition) is 4. The van der Waals surface area contributed by atoms with E-state index in [1.54, 1.807) is 35.1 Å². The lowest BCUT2D eigenvalue weighted by Crippen LogP contribution is -2.23. The maximum Gasteiger partial charge on any atom is 0.240 e. The fraction of sp³-hybridized carbons (Fsp3) is 0.357. The van der Waals surface area contributed by atoms with E-state index >= 15 is 0 Å². The molecule has 0 spiro atoms. The zero-order valence-corrected chi connectivity index (χ0v) is 13.0. The number of nitrogens with zero attached hydrogens (tertiary/aromatic N) is 2. The zero-order chi connectivity index (χ0) is 15.5. The van der Waals surface area contributed by atoms with Crippen LogP contribution in [-0.4, -0.2) is 24.7 Å². The monoisotopic (exact) mass is 308 g/mol. The van der Waals surface area contributed by atoms with Gasteiger partial charge < -0.3 is 5.73 Å². The number of rotatable bonds is 6. The van der Waals surface area contributed by atoms with Gasteiger partial charge in [-0.3, -0.25) is 4.68 Å². The molecule has 6 nitrogen and oxygen atoms in total. The number of aryl methyl sites for hydroxylation is 1. The molecule has 0 aliphatic carbocycles. The molecule has 1 aromatic carbocycles. The van der Waals surface area contributed by atoms with Crippen LogP contribution in [0.15, 0.2) is 35.4 Å². The Morgan fingerprint density at radius 3 is 2.48 bits per heavy atom. The zero-order valence-electron chi connectivity index (χ0n) is 12.2. The summed E-state index contributed by atoms with van der Waals surface area (Å²) >= 11 is 0. The van der Waals surface area contributed by atoms with E-state index < -0.39 is 10.0 Å². The quantitative estimate of drug-likeness (QED) is 0.822. The average molecular weight is 308 g/mol. The lowest BCUT2D eigenvalue weighted by molar-refractivity contribution is 0.581. The number of nitrogens with one attached hydrogen (secondary N) is 1. The van der Waals surface area contributed by atoms with Crippen molar-refractivity contribution in [2.45, 2.75) is 24.8 Å². The van der Waals surface area contributed by atoms with Gasteiger partial charge in [0.25, 0.3) is 0 Å². The van der Waals surface area contributed by atoms with Gasteiger partial charge in [0, 0.05) is 24.8 Å². The molecule has 0 saturated heterocycles. The van der Waals surface area contributed by atoms with Crippen molar-refractivity contribution < 1.29 is 8.42 Å². The molecule has 0 fully saturated rings. The molecule has 0 amide bonds. The minimum atomic E-state index is -3.52. The van der Waals surface area contributed by atoms with E-state index in [0.29, 0.717) is 6.54 Å². The Labute approximate surface area is 125 Å². The maximum atomic E-state index is 12.2. The van der Waals surface area contributed by atoms with Gasteiger partial charge in [-0.15, -0.1) is 0 Å². The molecule has 3 N–H and O–H groups in total. The SMILES string of the molecule is Cc1c(CNS(=O)(=O)c2ccc(CCN)cc2)cnn1C. The summed E-state index contributed by atoms with van der Waals surface area (Å²) < 4.78 is 28.8. The van der Waals surface area contributed by atoms with Gasteiger partial charge in [-0.05, 0) is 37.6 Å². The lowest BCUT2D eigenvalue weighted by atomic mass is 10.2. The van der Waals surface area contributed by atoms with Crippen LogP contribution in [0.4, 0.5) is 0 Å². The van der Waals surface area contributed by atoms with Gasteiger partial charge in [-0.25, -0.2) is 13.1 Å². The molecule has 7 heteroatoms. The van der Waals surface area contributed by atoms with Gasteiger partial charge >= 0.3 is 0 Å². The van der Waals surface area contributed by atoms with Crippen LogP contribution < -0.4 is 10.5 Å². The van der Waals surface area contributed by atoms with Crippen LogP contribution in [-0.2, 0) is 30.0 Å². The number of sulfonamides is 1. The van der Waals surface area contributed by atoms with Gasteiger partial charge in [-0.1, -0.05) is 12.1 Å². The van der Waals surface area contributed by atoms with Crippen molar-refractivity contribution >= 4 is 10.0 Å². The van der Waals surface area contributed by atoms with Crippen molar-refractivity contribution in [2.75, 3.05) is 6.54 Å². The van der Waals surface area contributed by atoms with Crippen molar-refractivity contribution in [1.82, 2.24) is 14.5 Å². The van der Waals surface area contributed by atoms with Crippen LogP contribution in [0, 0.1) is 6.92 Å². The Morgan fingerprint density at radius 2 is 1.95 bits per heavy atom. The summed E-state index contributed by atoms with van der Waals surface area (Å²) in [7, 11) is -1.69. The third kappa shape index (κ3) is 3.69. The number of aromatic nitrogens is 2. The van der Waals surface area contributed by atoms with Crippen molar-refractivity contribution in [3.63, 3.8) is 0 Å². The third-order valence-corrected chi connectivity index (χ3v) is 4.87. The summed E-state index contributed by atoms with van der Waals surface area (Å²) in [5, 5.41) is 4.09. The summed E-state index contributed by atoms with van der Waals surface area (Å²) in [5.74, 6) is 0. The van der Waals surface area contributed by atoms with Crippen LogP contribution >= 0.6 is 0 Å².